The zero-order valence-electron chi connectivity index (χ0n) is 42.9. The molecule has 0 rings (SSSR count). The monoisotopic (exact) mass is 931 g/mol. The van der Waals surface area contributed by atoms with Crippen molar-refractivity contribution in [1.82, 2.24) is 5.32 Å². The van der Waals surface area contributed by atoms with E-state index in [1.807, 2.05) is 27.2 Å². The number of quaternary nitrogens is 1. The van der Waals surface area contributed by atoms with Crippen LogP contribution in [0.1, 0.15) is 226 Å². The first-order valence-corrected chi connectivity index (χ1v) is 28.3. The van der Waals surface area contributed by atoms with Crippen LogP contribution in [-0.2, 0) is 18.4 Å². The number of phosphoric acid groups is 1. The Kier molecular flexibility index (Phi) is 45.5. The summed E-state index contributed by atoms with van der Waals surface area (Å²) in [6.07, 6.45) is 64.3. The molecule has 1 amide bonds. The lowest BCUT2D eigenvalue weighted by atomic mass is 10.0. The third-order valence-electron chi connectivity index (χ3n) is 11.6. The molecule has 0 aliphatic rings. The van der Waals surface area contributed by atoms with Crippen LogP contribution in [0.5, 0.6) is 0 Å². The number of nitrogens with one attached hydrogen (secondary N) is 1. The van der Waals surface area contributed by atoms with Gasteiger partial charge in [0.1, 0.15) is 13.2 Å². The number of rotatable bonds is 48. The summed E-state index contributed by atoms with van der Waals surface area (Å²) < 4.78 is 23.2. The van der Waals surface area contributed by atoms with Crippen molar-refractivity contribution in [3.63, 3.8) is 0 Å². The quantitative estimate of drug-likeness (QED) is 0.0272. The lowest BCUT2D eigenvalue weighted by molar-refractivity contribution is -0.870. The van der Waals surface area contributed by atoms with Gasteiger partial charge in [0.15, 0.2) is 0 Å². The van der Waals surface area contributed by atoms with Crippen LogP contribution in [0.2, 0.25) is 0 Å². The second-order valence-electron chi connectivity index (χ2n) is 19.2. The highest BCUT2D eigenvalue weighted by atomic mass is 31.2. The van der Waals surface area contributed by atoms with E-state index >= 15 is 0 Å². The molecule has 0 aliphatic heterocycles. The van der Waals surface area contributed by atoms with Gasteiger partial charge in [-0.1, -0.05) is 215 Å². The summed E-state index contributed by atoms with van der Waals surface area (Å²) in [6, 6.07) is -0.910. The second kappa shape index (κ2) is 47.0. The molecule has 0 saturated heterocycles. The molecule has 378 valence electrons. The number of phosphoric ester groups is 1. The Morgan fingerprint density at radius 3 is 1.42 bits per heavy atom. The Morgan fingerprint density at radius 2 is 0.954 bits per heavy atom. The van der Waals surface area contributed by atoms with Gasteiger partial charge in [0, 0.05) is 6.42 Å². The minimum Gasteiger partial charge on any atom is -0.756 e. The molecule has 0 aliphatic carbocycles. The van der Waals surface area contributed by atoms with Crippen LogP contribution >= 0.6 is 7.82 Å². The fraction of sp³-hybridized carbons (Fsp3) is 0.768. The van der Waals surface area contributed by atoms with Gasteiger partial charge in [-0.2, -0.15) is 0 Å². The van der Waals surface area contributed by atoms with Gasteiger partial charge in [-0.3, -0.25) is 9.36 Å². The normalized spacial score (nSPS) is 14.6. The van der Waals surface area contributed by atoms with Gasteiger partial charge in [0.05, 0.1) is 39.9 Å². The molecule has 9 heteroatoms. The first-order valence-electron chi connectivity index (χ1n) is 26.8. The molecule has 2 N–H and O–H groups in total. The van der Waals surface area contributed by atoms with Crippen molar-refractivity contribution in [3.8, 4) is 0 Å². The molecule has 0 radical (unpaired) electrons. The van der Waals surface area contributed by atoms with Crippen LogP contribution in [0.3, 0.4) is 0 Å². The Bertz CT molecular complexity index is 1290. The predicted molar refractivity (Wildman–Crippen MR) is 279 cm³/mol. The average molecular weight is 931 g/mol. The minimum absolute atomic E-state index is 0.0109. The molecule has 3 unspecified atom stereocenters. The highest BCUT2D eigenvalue weighted by Gasteiger charge is 2.23. The van der Waals surface area contributed by atoms with E-state index < -0.39 is 26.6 Å². The lowest BCUT2D eigenvalue weighted by Crippen LogP contribution is -2.45. The number of likely N-dealkylation sites (N-methyl/N-ethyl adjacent to an activating group) is 1. The van der Waals surface area contributed by atoms with E-state index in [0.717, 1.165) is 64.2 Å². The van der Waals surface area contributed by atoms with Gasteiger partial charge >= 0.3 is 0 Å². The van der Waals surface area contributed by atoms with Crippen LogP contribution in [0.15, 0.2) is 72.9 Å². The molecule has 65 heavy (non-hydrogen) atoms. The number of amides is 1. The molecule has 0 spiro atoms. The van der Waals surface area contributed by atoms with Crippen LogP contribution in [0.4, 0.5) is 0 Å². The molecular weight excluding hydrogens is 828 g/mol. The summed E-state index contributed by atoms with van der Waals surface area (Å²) in [5, 5.41) is 13.7. The van der Waals surface area contributed by atoms with Crippen LogP contribution in [0, 0.1) is 0 Å². The number of hydrogen-bond donors (Lipinski definition) is 2. The van der Waals surface area contributed by atoms with Crippen molar-refractivity contribution in [1.29, 1.82) is 0 Å². The Balaban J connectivity index is 4.00. The van der Waals surface area contributed by atoms with E-state index in [-0.39, 0.29) is 12.5 Å². The molecule has 0 saturated carbocycles. The Labute approximate surface area is 402 Å². The molecule has 0 aromatic carbocycles. The molecule has 3 atom stereocenters. The number of nitrogens with zero attached hydrogens (tertiary/aromatic N) is 1. The minimum atomic E-state index is -4.60. The lowest BCUT2D eigenvalue weighted by Gasteiger charge is -2.29. The number of carbonyl (C=O) groups excluding carboxylic acids is 1. The standard InChI is InChI=1S/C56H103N2O6P/c1-6-8-10-12-14-16-18-19-20-21-22-23-24-25-26-27-28-29-30-31-32-33-34-35-36-37-38-39-40-42-44-46-48-50-56(60)57-54(53-64-65(61,62)63-52-51-58(3,4)5)55(59)49-47-45-43-41-17-15-13-11-9-7-2/h9,11,17-19,21-22,24-25,41,47,49,54-55,59H,6-8,10,12-16,20,23,26-40,42-46,48,50-53H2,1-5H3,(H-,57,60,61,62)/b11-9+,19-18-,22-21-,25-24-,41-17+,49-47+. The van der Waals surface area contributed by atoms with E-state index in [1.165, 1.54) is 141 Å². The summed E-state index contributed by atoms with van der Waals surface area (Å²) >= 11 is 0. The smallest absolute Gasteiger partial charge is 0.268 e. The van der Waals surface area contributed by atoms with E-state index in [0.29, 0.717) is 17.4 Å². The number of allylic oxidation sites excluding steroid dienone is 11. The molecule has 0 bridgehead atoms. The third kappa shape index (κ3) is 49.7. The van der Waals surface area contributed by atoms with E-state index in [4.69, 9.17) is 9.05 Å². The van der Waals surface area contributed by atoms with E-state index in [9.17, 15) is 19.4 Å². The van der Waals surface area contributed by atoms with Crippen molar-refractivity contribution >= 4 is 13.7 Å². The Hall–Kier alpha value is -2.06. The van der Waals surface area contributed by atoms with Gasteiger partial charge < -0.3 is 28.8 Å². The summed E-state index contributed by atoms with van der Waals surface area (Å²) in [6.45, 7) is 4.48. The average Bonchev–Trinajstić information content (AvgIpc) is 3.26. The van der Waals surface area contributed by atoms with Crippen LogP contribution in [0.25, 0.3) is 0 Å². The van der Waals surface area contributed by atoms with Crippen molar-refractivity contribution in [3.05, 3.63) is 72.9 Å². The van der Waals surface area contributed by atoms with Gasteiger partial charge in [-0.25, -0.2) is 0 Å². The zero-order valence-corrected chi connectivity index (χ0v) is 43.8. The molecule has 0 heterocycles. The van der Waals surface area contributed by atoms with Crippen molar-refractivity contribution in [2.45, 2.75) is 238 Å². The predicted octanol–water partition coefficient (Wildman–Crippen LogP) is 15.3. The van der Waals surface area contributed by atoms with Crippen LogP contribution < -0.4 is 10.2 Å². The summed E-state index contributed by atoms with van der Waals surface area (Å²) in [5.74, 6) is -0.214. The van der Waals surface area contributed by atoms with Gasteiger partial charge in [-0.15, -0.1) is 0 Å². The van der Waals surface area contributed by atoms with Gasteiger partial charge in [0.2, 0.25) is 5.91 Å². The van der Waals surface area contributed by atoms with Gasteiger partial charge in [-0.05, 0) is 77.0 Å². The molecule has 0 aromatic rings. The number of aliphatic hydroxyl groups excluding tert-OH is 1. The maximum absolute atomic E-state index is 12.9. The molecular formula is C56H103N2O6P. The SMILES string of the molecule is CC/C=C/CC/C=C/CC/C=C/C(O)C(COP(=O)([O-])OCC[N+](C)(C)C)NC(=O)CCCCCCCCCCCCCCCCCCCC/C=C\C/C=C\C/C=C\CCCCCCC. The first kappa shape index (κ1) is 62.9. The number of aliphatic hydroxyl groups is 1. The zero-order chi connectivity index (χ0) is 47.8. The fourth-order valence-corrected chi connectivity index (χ4v) is 8.16. The highest BCUT2D eigenvalue weighted by molar-refractivity contribution is 7.45. The maximum Gasteiger partial charge on any atom is 0.268 e. The van der Waals surface area contributed by atoms with E-state index in [1.54, 1.807) is 6.08 Å². The van der Waals surface area contributed by atoms with Crippen molar-refractivity contribution in [2.75, 3.05) is 40.9 Å². The molecule has 0 fully saturated rings. The summed E-state index contributed by atoms with van der Waals surface area (Å²) in [5.41, 5.74) is 0. The van der Waals surface area contributed by atoms with Crippen LogP contribution in [-0.4, -0.2) is 68.5 Å². The highest BCUT2D eigenvalue weighted by Crippen LogP contribution is 2.38. The van der Waals surface area contributed by atoms with Crippen molar-refractivity contribution < 1.29 is 32.9 Å². The number of hydrogen-bond acceptors (Lipinski definition) is 6. The van der Waals surface area contributed by atoms with Gasteiger partial charge in [0.25, 0.3) is 7.82 Å². The Morgan fingerprint density at radius 1 is 0.554 bits per heavy atom. The number of carbonyl (C=O) groups is 1. The third-order valence-corrected chi connectivity index (χ3v) is 12.6. The summed E-state index contributed by atoms with van der Waals surface area (Å²) in [7, 11) is 1.23. The topological polar surface area (TPSA) is 108 Å². The number of unbranched alkanes of at least 4 members (excludes halogenated alkanes) is 25. The second-order valence-corrected chi connectivity index (χ2v) is 20.6. The van der Waals surface area contributed by atoms with E-state index in [2.05, 4.69) is 79.9 Å². The maximum atomic E-state index is 12.9. The molecule has 8 nitrogen and oxygen atoms in total. The summed E-state index contributed by atoms with van der Waals surface area (Å²) in [4.78, 5) is 25.3. The first-order chi connectivity index (χ1) is 31.5. The fourth-order valence-electron chi connectivity index (χ4n) is 7.43. The molecule has 0 aromatic heterocycles. The van der Waals surface area contributed by atoms with Crippen molar-refractivity contribution in [2.24, 2.45) is 0 Å². The largest absolute Gasteiger partial charge is 0.756 e.